The Kier molecular flexibility index (Phi) is 4.85. The molecule has 1 heterocycles. The van der Waals surface area contributed by atoms with Crippen molar-refractivity contribution in [2.75, 3.05) is 6.54 Å². The first-order chi connectivity index (χ1) is 10.0. The second-order valence-electron chi connectivity index (χ2n) is 4.23. The third kappa shape index (κ3) is 3.55. The largest absolute Gasteiger partial charge is 0.479 e. The molecule has 2 aromatic rings. The van der Waals surface area contributed by atoms with Crippen LogP contribution >= 0.6 is 0 Å². The Balaban J connectivity index is 2.08. The van der Waals surface area contributed by atoms with E-state index < -0.39 is 29.0 Å². The van der Waals surface area contributed by atoms with Gasteiger partial charge in [-0.2, -0.15) is 8.78 Å². The molecule has 0 radical (unpaired) electrons. The van der Waals surface area contributed by atoms with E-state index in [-0.39, 0.29) is 18.4 Å². The highest BCUT2D eigenvalue weighted by Gasteiger charge is 2.21. The van der Waals surface area contributed by atoms with E-state index in [9.17, 15) is 17.6 Å². The lowest BCUT2D eigenvalue weighted by atomic mass is 10.3. The van der Waals surface area contributed by atoms with E-state index in [1.54, 1.807) is 12.1 Å². The smallest absolute Gasteiger partial charge is 0.203 e. The van der Waals surface area contributed by atoms with Crippen LogP contribution in [0.25, 0.3) is 0 Å². The number of rotatable bonds is 6. The first kappa shape index (κ1) is 15.4. The maximum atomic E-state index is 13.4. The van der Waals surface area contributed by atoms with E-state index in [2.05, 4.69) is 5.32 Å². The van der Waals surface area contributed by atoms with Crippen LogP contribution in [-0.4, -0.2) is 6.54 Å². The van der Waals surface area contributed by atoms with Gasteiger partial charge >= 0.3 is 0 Å². The van der Waals surface area contributed by atoms with Crippen molar-refractivity contribution in [1.29, 1.82) is 0 Å². The highest BCUT2D eigenvalue weighted by atomic mass is 19.2. The van der Waals surface area contributed by atoms with Crippen molar-refractivity contribution < 1.29 is 26.7 Å². The summed E-state index contributed by atoms with van der Waals surface area (Å²) < 4.78 is 62.8. The van der Waals surface area contributed by atoms with Crippen LogP contribution in [0.3, 0.4) is 0 Å². The highest BCUT2D eigenvalue weighted by Crippen LogP contribution is 2.27. The number of nitrogens with one attached hydrogen (secondary N) is 1. The summed E-state index contributed by atoms with van der Waals surface area (Å²) in [7, 11) is 0. The maximum Gasteiger partial charge on any atom is 0.203 e. The van der Waals surface area contributed by atoms with Gasteiger partial charge in [-0.15, -0.1) is 0 Å². The number of hydrogen-bond acceptors (Lipinski definition) is 3. The van der Waals surface area contributed by atoms with Crippen LogP contribution in [0.2, 0.25) is 0 Å². The van der Waals surface area contributed by atoms with Gasteiger partial charge in [0, 0.05) is 6.07 Å². The van der Waals surface area contributed by atoms with Gasteiger partial charge in [0.2, 0.25) is 11.6 Å². The summed E-state index contributed by atoms with van der Waals surface area (Å²) in [4.78, 5) is 0. The van der Waals surface area contributed by atoms with Gasteiger partial charge in [0.1, 0.15) is 18.1 Å². The quantitative estimate of drug-likeness (QED) is 0.655. The zero-order valence-electron chi connectivity index (χ0n) is 11.2. The topological polar surface area (TPSA) is 34.4 Å². The van der Waals surface area contributed by atoms with E-state index in [4.69, 9.17) is 9.15 Å². The van der Waals surface area contributed by atoms with Crippen LogP contribution in [0, 0.1) is 23.3 Å². The van der Waals surface area contributed by atoms with Gasteiger partial charge in [-0.05, 0) is 18.7 Å². The molecule has 0 aliphatic rings. The average Bonchev–Trinajstić information content (AvgIpc) is 2.91. The zero-order valence-corrected chi connectivity index (χ0v) is 11.2. The molecule has 114 valence electrons. The molecule has 3 nitrogen and oxygen atoms in total. The lowest BCUT2D eigenvalue weighted by molar-refractivity contribution is 0.234. The summed E-state index contributed by atoms with van der Waals surface area (Å²) in [6, 6.07) is 3.34. The van der Waals surface area contributed by atoms with Crippen molar-refractivity contribution >= 4 is 0 Å². The van der Waals surface area contributed by atoms with Gasteiger partial charge in [-0.1, -0.05) is 6.92 Å². The molecule has 0 aliphatic carbocycles. The number of benzene rings is 1. The fourth-order valence-electron chi connectivity index (χ4n) is 1.66. The third-order valence-electron chi connectivity index (χ3n) is 2.70. The summed E-state index contributed by atoms with van der Waals surface area (Å²) in [5.41, 5.74) is 0. The molecule has 0 bridgehead atoms. The molecule has 0 unspecified atom stereocenters. The summed E-state index contributed by atoms with van der Waals surface area (Å²) in [5, 5.41) is 3.03. The predicted octanol–water partition coefficient (Wildman–Crippen LogP) is 3.52. The number of hydrogen-bond donors (Lipinski definition) is 1. The molecule has 2 rings (SSSR count). The van der Waals surface area contributed by atoms with Gasteiger partial charge in [0.25, 0.3) is 0 Å². The van der Waals surface area contributed by atoms with Crippen molar-refractivity contribution in [2.45, 2.75) is 20.1 Å². The first-order valence-corrected chi connectivity index (χ1v) is 6.27. The van der Waals surface area contributed by atoms with Crippen molar-refractivity contribution in [1.82, 2.24) is 5.32 Å². The van der Waals surface area contributed by atoms with Gasteiger partial charge in [-0.25, -0.2) is 8.78 Å². The molecule has 0 fully saturated rings. The molecule has 7 heteroatoms. The Bertz CT molecular complexity index is 601. The fourth-order valence-corrected chi connectivity index (χ4v) is 1.66. The maximum absolute atomic E-state index is 13.4. The fraction of sp³-hybridized carbons (Fsp3) is 0.286. The van der Waals surface area contributed by atoms with E-state index >= 15 is 0 Å². The lowest BCUT2D eigenvalue weighted by Gasteiger charge is -2.08. The van der Waals surface area contributed by atoms with E-state index in [1.165, 1.54) is 0 Å². The Morgan fingerprint density at radius 3 is 2.29 bits per heavy atom. The Hall–Kier alpha value is -2.02. The Morgan fingerprint density at radius 1 is 1.05 bits per heavy atom. The molecule has 0 atom stereocenters. The molecule has 1 aromatic heterocycles. The molecule has 0 amide bonds. The van der Waals surface area contributed by atoms with Crippen LogP contribution in [0.4, 0.5) is 17.6 Å². The molecular weight excluding hydrogens is 290 g/mol. The molecule has 0 saturated heterocycles. The van der Waals surface area contributed by atoms with E-state index in [1.807, 2.05) is 6.92 Å². The highest BCUT2D eigenvalue weighted by molar-refractivity contribution is 5.28. The Morgan fingerprint density at radius 2 is 1.67 bits per heavy atom. The normalized spacial score (nSPS) is 10.9. The number of ether oxygens (including phenoxy) is 1. The summed E-state index contributed by atoms with van der Waals surface area (Å²) in [6.07, 6.45) is 0. The van der Waals surface area contributed by atoms with Crippen LogP contribution in [0.1, 0.15) is 18.4 Å². The second kappa shape index (κ2) is 6.62. The Labute approximate surface area is 118 Å². The van der Waals surface area contributed by atoms with E-state index in [0.717, 1.165) is 6.54 Å². The number of furan rings is 1. The second-order valence-corrected chi connectivity index (χ2v) is 4.23. The zero-order chi connectivity index (χ0) is 15.4. The molecule has 1 N–H and O–H groups in total. The van der Waals surface area contributed by atoms with Crippen molar-refractivity contribution in [3.8, 4) is 5.75 Å². The molecule has 0 spiro atoms. The van der Waals surface area contributed by atoms with Crippen LogP contribution in [-0.2, 0) is 13.2 Å². The van der Waals surface area contributed by atoms with Gasteiger partial charge in [0.05, 0.1) is 6.54 Å². The third-order valence-corrected chi connectivity index (χ3v) is 2.70. The number of halogens is 4. The van der Waals surface area contributed by atoms with Gasteiger partial charge in [-0.3, -0.25) is 0 Å². The van der Waals surface area contributed by atoms with Crippen LogP contribution in [0.15, 0.2) is 22.6 Å². The summed E-state index contributed by atoms with van der Waals surface area (Å²) >= 11 is 0. The van der Waals surface area contributed by atoms with Crippen molar-refractivity contribution in [2.24, 2.45) is 0 Å². The summed E-state index contributed by atoms with van der Waals surface area (Å²) in [5.74, 6) is -6.39. The molecular formula is C14H13F4NO2. The average molecular weight is 303 g/mol. The van der Waals surface area contributed by atoms with Gasteiger partial charge < -0.3 is 14.5 Å². The molecule has 0 aliphatic heterocycles. The minimum Gasteiger partial charge on any atom is -0.479 e. The minimum atomic E-state index is -1.58. The standard InChI is InChI=1S/C14H13F4NO2/c1-2-19-6-8-3-4-9(21-8)7-20-14-12(17)10(15)5-11(16)13(14)18/h3-5,19H,2,6-7H2,1H3. The molecule has 1 aromatic carbocycles. The predicted molar refractivity (Wildman–Crippen MR) is 66.7 cm³/mol. The monoisotopic (exact) mass is 303 g/mol. The van der Waals surface area contributed by atoms with Crippen molar-refractivity contribution in [3.05, 3.63) is 53.0 Å². The van der Waals surface area contributed by atoms with Crippen LogP contribution < -0.4 is 10.1 Å². The van der Waals surface area contributed by atoms with Crippen molar-refractivity contribution in [3.63, 3.8) is 0 Å². The molecule has 0 saturated carbocycles. The lowest BCUT2D eigenvalue weighted by Crippen LogP contribution is -2.10. The minimum absolute atomic E-state index is 0.124. The van der Waals surface area contributed by atoms with E-state index in [0.29, 0.717) is 12.3 Å². The van der Waals surface area contributed by atoms with Gasteiger partial charge in [0.15, 0.2) is 17.4 Å². The van der Waals surface area contributed by atoms with Crippen LogP contribution in [0.5, 0.6) is 5.75 Å². The molecule has 21 heavy (non-hydrogen) atoms. The summed E-state index contributed by atoms with van der Waals surface area (Å²) in [6.45, 7) is 2.83. The first-order valence-electron chi connectivity index (χ1n) is 6.27. The SMILES string of the molecule is CCNCc1ccc(COc2c(F)c(F)cc(F)c2F)o1.